The summed E-state index contributed by atoms with van der Waals surface area (Å²) < 4.78 is 5.26. The van der Waals surface area contributed by atoms with Gasteiger partial charge in [-0.15, -0.1) is 0 Å². The molecule has 18 heavy (non-hydrogen) atoms. The molecule has 0 aromatic heterocycles. The highest BCUT2D eigenvalue weighted by Gasteiger charge is 2.08. The lowest BCUT2D eigenvalue weighted by Gasteiger charge is -2.06. The van der Waals surface area contributed by atoms with Gasteiger partial charge in [-0.3, -0.25) is 0 Å². The molecular formula is C15H14O3. The number of rotatable bonds is 2. The number of hydrogen-bond donors (Lipinski definition) is 1. The number of ether oxygens (including phenoxy) is 1. The third kappa shape index (κ3) is 2.69. The van der Waals surface area contributed by atoms with Crippen LogP contribution in [0.3, 0.4) is 0 Å². The van der Waals surface area contributed by atoms with Crippen LogP contribution in [0.5, 0.6) is 11.5 Å². The van der Waals surface area contributed by atoms with Crippen molar-refractivity contribution in [1.29, 1.82) is 0 Å². The first-order valence-corrected chi connectivity index (χ1v) is 5.65. The maximum absolute atomic E-state index is 11.8. The zero-order valence-corrected chi connectivity index (χ0v) is 10.3. The lowest BCUT2D eigenvalue weighted by Crippen LogP contribution is -2.08. The number of aromatic hydroxyl groups is 1. The van der Waals surface area contributed by atoms with Crippen molar-refractivity contribution in [3.63, 3.8) is 0 Å². The molecule has 0 heterocycles. The van der Waals surface area contributed by atoms with Crippen LogP contribution in [-0.4, -0.2) is 11.1 Å². The highest BCUT2D eigenvalue weighted by Crippen LogP contribution is 2.18. The van der Waals surface area contributed by atoms with Crippen LogP contribution in [-0.2, 0) is 0 Å². The predicted molar refractivity (Wildman–Crippen MR) is 69.0 cm³/mol. The number of hydrogen-bond acceptors (Lipinski definition) is 3. The van der Waals surface area contributed by atoms with E-state index in [1.807, 2.05) is 26.0 Å². The Labute approximate surface area is 106 Å². The van der Waals surface area contributed by atoms with Crippen LogP contribution in [0.25, 0.3) is 0 Å². The maximum atomic E-state index is 11.8. The lowest BCUT2D eigenvalue weighted by atomic mass is 10.1. The number of carbonyl (C=O) groups is 1. The van der Waals surface area contributed by atoms with E-state index in [-0.39, 0.29) is 5.75 Å². The average molecular weight is 242 g/mol. The minimum atomic E-state index is -0.432. The second-order valence-electron chi connectivity index (χ2n) is 4.18. The number of phenolic OH excluding ortho intramolecular Hbond substituents is 1. The maximum Gasteiger partial charge on any atom is 0.343 e. The van der Waals surface area contributed by atoms with Crippen molar-refractivity contribution in [3.8, 4) is 11.5 Å². The van der Waals surface area contributed by atoms with Gasteiger partial charge in [-0.2, -0.15) is 0 Å². The fourth-order valence-corrected chi connectivity index (χ4v) is 1.54. The summed E-state index contributed by atoms with van der Waals surface area (Å²) in [6.07, 6.45) is 0. The molecule has 0 bridgehead atoms. The Morgan fingerprint density at radius 1 is 1.00 bits per heavy atom. The van der Waals surface area contributed by atoms with Gasteiger partial charge in [0.1, 0.15) is 11.5 Å². The number of esters is 1. The standard InChI is InChI=1S/C15H14O3/c1-10-3-8-14(9-11(10)2)18-15(17)12-4-6-13(16)7-5-12/h3-9,16H,1-2H3. The highest BCUT2D eigenvalue weighted by molar-refractivity contribution is 5.91. The van der Waals surface area contributed by atoms with Gasteiger partial charge in [0.2, 0.25) is 0 Å². The molecule has 1 N–H and O–H groups in total. The lowest BCUT2D eigenvalue weighted by molar-refractivity contribution is 0.0734. The Morgan fingerprint density at radius 2 is 1.67 bits per heavy atom. The molecule has 0 saturated carbocycles. The van der Waals surface area contributed by atoms with Crippen molar-refractivity contribution in [1.82, 2.24) is 0 Å². The van der Waals surface area contributed by atoms with Crippen LogP contribution >= 0.6 is 0 Å². The fraction of sp³-hybridized carbons (Fsp3) is 0.133. The van der Waals surface area contributed by atoms with Gasteiger partial charge in [-0.25, -0.2) is 4.79 Å². The quantitative estimate of drug-likeness (QED) is 0.649. The number of benzene rings is 2. The zero-order valence-electron chi connectivity index (χ0n) is 10.3. The number of aryl methyl sites for hydroxylation is 2. The Bertz CT molecular complexity index is 571. The molecule has 0 aliphatic heterocycles. The van der Waals surface area contributed by atoms with Gasteiger partial charge in [0, 0.05) is 0 Å². The highest BCUT2D eigenvalue weighted by atomic mass is 16.5. The molecule has 2 aromatic rings. The van der Waals surface area contributed by atoms with E-state index in [0.717, 1.165) is 11.1 Å². The molecule has 0 unspecified atom stereocenters. The van der Waals surface area contributed by atoms with Crippen LogP contribution < -0.4 is 4.74 Å². The van der Waals surface area contributed by atoms with Gasteiger partial charge in [0.25, 0.3) is 0 Å². The van der Waals surface area contributed by atoms with Crippen LogP contribution in [0, 0.1) is 13.8 Å². The van der Waals surface area contributed by atoms with Crippen molar-refractivity contribution in [2.24, 2.45) is 0 Å². The zero-order chi connectivity index (χ0) is 13.1. The van der Waals surface area contributed by atoms with Crippen LogP contribution in [0.15, 0.2) is 42.5 Å². The second kappa shape index (κ2) is 4.92. The van der Waals surface area contributed by atoms with E-state index < -0.39 is 5.97 Å². The van der Waals surface area contributed by atoms with Crippen LogP contribution in [0.1, 0.15) is 21.5 Å². The molecule has 2 aromatic carbocycles. The summed E-state index contributed by atoms with van der Waals surface area (Å²) >= 11 is 0. The summed E-state index contributed by atoms with van der Waals surface area (Å²) in [7, 11) is 0. The van der Waals surface area contributed by atoms with E-state index in [1.165, 1.54) is 24.3 Å². The normalized spacial score (nSPS) is 10.1. The van der Waals surface area contributed by atoms with E-state index >= 15 is 0 Å². The van der Waals surface area contributed by atoms with E-state index in [2.05, 4.69) is 0 Å². The van der Waals surface area contributed by atoms with Crippen LogP contribution in [0.2, 0.25) is 0 Å². The monoisotopic (exact) mass is 242 g/mol. The van der Waals surface area contributed by atoms with Crippen molar-refractivity contribution in [3.05, 3.63) is 59.2 Å². The summed E-state index contributed by atoms with van der Waals surface area (Å²) in [5.74, 6) is 0.215. The molecule has 92 valence electrons. The van der Waals surface area contributed by atoms with E-state index in [1.54, 1.807) is 6.07 Å². The third-order valence-corrected chi connectivity index (χ3v) is 2.79. The molecule has 0 atom stereocenters. The third-order valence-electron chi connectivity index (χ3n) is 2.79. The first kappa shape index (κ1) is 12.2. The topological polar surface area (TPSA) is 46.5 Å². The predicted octanol–water partition coefficient (Wildman–Crippen LogP) is 3.23. The van der Waals surface area contributed by atoms with Crippen LogP contribution in [0.4, 0.5) is 0 Å². The largest absolute Gasteiger partial charge is 0.508 e. The Hall–Kier alpha value is -2.29. The van der Waals surface area contributed by atoms with Gasteiger partial charge < -0.3 is 9.84 Å². The average Bonchev–Trinajstić information content (AvgIpc) is 2.34. The molecular weight excluding hydrogens is 228 g/mol. The molecule has 2 rings (SSSR count). The summed E-state index contributed by atoms with van der Waals surface area (Å²) in [6, 6.07) is 11.5. The number of phenols is 1. The fourth-order valence-electron chi connectivity index (χ4n) is 1.54. The summed E-state index contributed by atoms with van der Waals surface area (Å²) in [5.41, 5.74) is 2.64. The minimum Gasteiger partial charge on any atom is -0.508 e. The molecule has 0 amide bonds. The van der Waals surface area contributed by atoms with Crippen molar-refractivity contribution in [2.75, 3.05) is 0 Å². The Morgan fingerprint density at radius 3 is 2.28 bits per heavy atom. The van der Waals surface area contributed by atoms with Gasteiger partial charge >= 0.3 is 5.97 Å². The smallest absolute Gasteiger partial charge is 0.343 e. The summed E-state index contributed by atoms with van der Waals surface area (Å²) in [5, 5.41) is 9.14. The van der Waals surface area contributed by atoms with Gasteiger partial charge in [-0.1, -0.05) is 6.07 Å². The van der Waals surface area contributed by atoms with Gasteiger partial charge in [0.15, 0.2) is 0 Å². The van der Waals surface area contributed by atoms with Crippen molar-refractivity contribution >= 4 is 5.97 Å². The molecule has 3 heteroatoms. The molecule has 0 saturated heterocycles. The Balaban J connectivity index is 2.16. The van der Waals surface area contributed by atoms with Gasteiger partial charge in [0.05, 0.1) is 5.56 Å². The molecule has 0 fully saturated rings. The molecule has 0 aliphatic rings. The minimum absolute atomic E-state index is 0.123. The number of carbonyl (C=O) groups excluding carboxylic acids is 1. The van der Waals surface area contributed by atoms with Crippen molar-refractivity contribution in [2.45, 2.75) is 13.8 Å². The molecule has 0 spiro atoms. The summed E-state index contributed by atoms with van der Waals surface area (Å²) in [6.45, 7) is 3.97. The first-order valence-electron chi connectivity index (χ1n) is 5.65. The second-order valence-corrected chi connectivity index (χ2v) is 4.18. The van der Waals surface area contributed by atoms with E-state index in [0.29, 0.717) is 11.3 Å². The first-order chi connectivity index (χ1) is 8.56. The summed E-state index contributed by atoms with van der Waals surface area (Å²) in [4.78, 5) is 11.8. The van der Waals surface area contributed by atoms with Crippen molar-refractivity contribution < 1.29 is 14.6 Å². The molecule has 0 aliphatic carbocycles. The van der Waals surface area contributed by atoms with E-state index in [4.69, 9.17) is 9.84 Å². The molecule has 0 radical (unpaired) electrons. The van der Waals surface area contributed by atoms with Gasteiger partial charge in [-0.05, 0) is 61.4 Å². The SMILES string of the molecule is Cc1ccc(OC(=O)c2ccc(O)cc2)cc1C. The molecule has 3 nitrogen and oxygen atoms in total. The Kier molecular flexibility index (Phi) is 3.33. The van der Waals surface area contributed by atoms with E-state index in [9.17, 15) is 4.79 Å².